The van der Waals surface area contributed by atoms with Crippen molar-refractivity contribution in [2.24, 2.45) is 11.5 Å². The second kappa shape index (κ2) is 15.2. The molecular formula is C22H33N5O8. The first-order valence-corrected chi connectivity index (χ1v) is 11.1. The monoisotopic (exact) mass is 495 g/mol. The topological polar surface area (TPSA) is 234 Å². The largest absolute Gasteiger partial charge is 0.508 e. The summed E-state index contributed by atoms with van der Waals surface area (Å²) >= 11 is 0. The summed E-state index contributed by atoms with van der Waals surface area (Å²) < 4.78 is 0. The highest BCUT2D eigenvalue weighted by Gasteiger charge is 2.26. The predicted octanol–water partition coefficient (Wildman–Crippen LogP) is -1.57. The Balaban J connectivity index is 2.68. The second-order valence-corrected chi connectivity index (χ2v) is 7.93. The molecule has 35 heavy (non-hydrogen) atoms. The molecule has 0 fully saturated rings. The number of carbonyl (C=O) groups is 5. The summed E-state index contributed by atoms with van der Waals surface area (Å²) in [5.74, 6) is -4.72. The lowest BCUT2D eigenvalue weighted by atomic mass is 10.1. The average Bonchev–Trinajstić information content (AvgIpc) is 2.80. The minimum absolute atomic E-state index is 0.00781. The van der Waals surface area contributed by atoms with Crippen molar-refractivity contribution in [1.82, 2.24) is 16.0 Å². The van der Waals surface area contributed by atoms with Crippen LogP contribution in [0.1, 0.15) is 37.7 Å². The number of benzene rings is 1. The van der Waals surface area contributed by atoms with Gasteiger partial charge in [0.2, 0.25) is 17.7 Å². The lowest BCUT2D eigenvalue weighted by Crippen LogP contribution is -2.53. The number of aromatic hydroxyl groups is 1. The number of hydrogen-bond acceptors (Lipinski definition) is 8. The van der Waals surface area contributed by atoms with E-state index in [1.54, 1.807) is 0 Å². The van der Waals surface area contributed by atoms with Gasteiger partial charge in [-0.1, -0.05) is 18.6 Å². The number of rotatable bonds is 16. The van der Waals surface area contributed by atoms with Crippen LogP contribution >= 0.6 is 0 Å². The number of aliphatic carboxylic acids is 2. The van der Waals surface area contributed by atoms with Crippen molar-refractivity contribution in [1.29, 1.82) is 0 Å². The van der Waals surface area contributed by atoms with E-state index in [2.05, 4.69) is 16.0 Å². The van der Waals surface area contributed by atoms with Crippen LogP contribution in [0.25, 0.3) is 0 Å². The summed E-state index contributed by atoms with van der Waals surface area (Å²) in [5, 5.41) is 34.6. The van der Waals surface area contributed by atoms with Crippen molar-refractivity contribution in [2.75, 3.05) is 13.1 Å². The van der Waals surface area contributed by atoms with E-state index in [4.69, 9.17) is 16.6 Å². The molecule has 0 aliphatic heterocycles. The molecule has 0 bridgehead atoms. The molecule has 0 spiro atoms. The number of hydrogen-bond donors (Lipinski definition) is 8. The SMILES string of the molecule is NCCCCC(N)C(=O)NC(CCC(=O)O)C(=O)NCC(=O)NC(Cc1ccc(O)cc1)C(=O)O. The molecule has 3 amide bonds. The number of carbonyl (C=O) groups excluding carboxylic acids is 3. The van der Waals surface area contributed by atoms with Gasteiger partial charge in [-0.25, -0.2) is 4.79 Å². The number of unbranched alkanes of at least 4 members (excludes halogenated alkanes) is 1. The van der Waals surface area contributed by atoms with Crippen LogP contribution in [0.15, 0.2) is 24.3 Å². The fraction of sp³-hybridized carbons (Fsp3) is 0.500. The third kappa shape index (κ3) is 11.8. The van der Waals surface area contributed by atoms with E-state index in [1.165, 1.54) is 24.3 Å². The zero-order chi connectivity index (χ0) is 26.4. The van der Waals surface area contributed by atoms with Crippen LogP contribution in [-0.4, -0.2) is 76.2 Å². The van der Waals surface area contributed by atoms with Crippen LogP contribution < -0.4 is 27.4 Å². The van der Waals surface area contributed by atoms with Gasteiger partial charge in [-0.3, -0.25) is 19.2 Å². The molecule has 1 aromatic carbocycles. The normalized spacial score (nSPS) is 13.2. The molecule has 3 unspecified atom stereocenters. The molecule has 194 valence electrons. The molecular weight excluding hydrogens is 462 g/mol. The van der Waals surface area contributed by atoms with Crippen LogP contribution in [0.3, 0.4) is 0 Å². The molecule has 13 nitrogen and oxygen atoms in total. The predicted molar refractivity (Wildman–Crippen MR) is 124 cm³/mol. The summed E-state index contributed by atoms with van der Waals surface area (Å²) in [7, 11) is 0. The summed E-state index contributed by atoms with van der Waals surface area (Å²) in [6, 6.07) is 2.32. The van der Waals surface area contributed by atoms with E-state index in [-0.39, 0.29) is 18.6 Å². The molecule has 10 N–H and O–H groups in total. The van der Waals surface area contributed by atoms with Gasteiger partial charge in [-0.05, 0) is 43.5 Å². The van der Waals surface area contributed by atoms with Gasteiger partial charge in [0.25, 0.3) is 0 Å². The van der Waals surface area contributed by atoms with Crippen LogP contribution in [0, 0.1) is 0 Å². The van der Waals surface area contributed by atoms with Crippen molar-refractivity contribution in [2.45, 2.75) is 56.7 Å². The van der Waals surface area contributed by atoms with Gasteiger partial charge in [-0.2, -0.15) is 0 Å². The Morgan fingerprint density at radius 1 is 0.886 bits per heavy atom. The number of phenolic OH excluding ortho intramolecular Hbond substituents is 1. The van der Waals surface area contributed by atoms with E-state index < -0.39 is 60.8 Å². The van der Waals surface area contributed by atoms with Gasteiger partial charge in [0.05, 0.1) is 12.6 Å². The molecule has 13 heteroatoms. The summed E-state index contributed by atoms with van der Waals surface area (Å²) in [5.41, 5.74) is 11.8. The Bertz CT molecular complexity index is 877. The van der Waals surface area contributed by atoms with Gasteiger partial charge >= 0.3 is 11.9 Å². The highest BCUT2D eigenvalue weighted by molar-refractivity contribution is 5.92. The van der Waals surface area contributed by atoms with Crippen LogP contribution in [0.2, 0.25) is 0 Å². The lowest BCUT2D eigenvalue weighted by molar-refractivity contribution is -0.141. The smallest absolute Gasteiger partial charge is 0.326 e. The minimum atomic E-state index is -1.30. The number of carboxylic acid groups (broad SMARTS) is 2. The molecule has 0 saturated carbocycles. The third-order valence-corrected chi connectivity index (χ3v) is 5.02. The molecule has 0 radical (unpaired) electrons. The highest BCUT2D eigenvalue weighted by atomic mass is 16.4. The number of nitrogens with two attached hydrogens (primary N) is 2. The second-order valence-electron chi connectivity index (χ2n) is 7.93. The third-order valence-electron chi connectivity index (χ3n) is 5.02. The van der Waals surface area contributed by atoms with Crippen LogP contribution in [-0.2, 0) is 30.4 Å². The summed E-state index contributed by atoms with van der Waals surface area (Å²) in [6.07, 6.45) is 0.892. The maximum absolute atomic E-state index is 12.5. The van der Waals surface area contributed by atoms with Crippen molar-refractivity contribution in [3.8, 4) is 5.75 Å². The minimum Gasteiger partial charge on any atom is -0.508 e. The molecule has 0 aliphatic rings. The van der Waals surface area contributed by atoms with Gasteiger partial charge in [0.1, 0.15) is 17.8 Å². The number of nitrogens with one attached hydrogen (secondary N) is 3. The highest BCUT2D eigenvalue weighted by Crippen LogP contribution is 2.11. The van der Waals surface area contributed by atoms with Crippen molar-refractivity contribution < 1.29 is 39.3 Å². The molecule has 1 rings (SSSR count). The van der Waals surface area contributed by atoms with Gasteiger partial charge in [0.15, 0.2) is 0 Å². The van der Waals surface area contributed by atoms with E-state index in [9.17, 15) is 34.2 Å². The first-order chi connectivity index (χ1) is 16.5. The molecule has 0 saturated heterocycles. The maximum atomic E-state index is 12.5. The first kappa shape index (κ1) is 29.3. The van der Waals surface area contributed by atoms with Gasteiger partial charge in [0, 0.05) is 12.8 Å². The Morgan fingerprint density at radius 2 is 1.54 bits per heavy atom. The maximum Gasteiger partial charge on any atom is 0.326 e. The fourth-order valence-corrected chi connectivity index (χ4v) is 3.06. The Hall–Kier alpha value is -3.71. The number of amides is 3. The lowest BCUT2D eigenvalue weighted by Gasteiger charge is -2.20. The Labute approximate surface area is 202 Å². The Morgan fingerprint density at radius 3 is 2.11 bits per heavy atom. The fourth-order valence-electron chi connectivity index (χ4n) is 3.06. The first-order valence-electron chi connectivity index (χ1n) is 11.1. The standard InChI is InChI=1S/C22H33N5O8/c23-10-2-1-3-15(24)20(32)27-16(8-9-19(30)31)21(33)25-12-18(29)26-17(22(34)35)11-13-4-6-14(28)7-5-13/h4-7,15-17,28H,1-3,8-12,23-24H2,(H,25,33)(H,26,29)(H,27,32)(H,30,31)(H,34,35). The number of carboxylic acids is 2. The quantitative estimate of drug-likeness (QED) is 0.123. The van der Waals surface area contributed by atoms with E-state index in [0.717, 1.165) is 0 Å². The van der Waals surface area contributed by atoms with Gasteiger partial charge in [-0.15, -0.1) is 0 Å². The van der Waals surface area contributed by atoms with Crippen molar-refractivity contribution >= 4 is 29.7 Å². The molecule has 0 aromatic heterocycles. The van der Waals surface area contributed by atoms with E-state index in [1.807, 2.05) is 0 Å². The van der Waals surface area contributed by atoms with E-state index >= 15 is 0 Å². The summed E-state index contributed by atoms with van der Waals surface area (Å²) in [6.45, 7) is -0.155. The van der Waals surface area contributed by atoms with E-state index in [0.29, 0.717) is 31.4 Å². The van der Waals surface area contributed by atoms with Crippen molar-refractivity contribution in [3.63, 3.8) is 0 Å². The van der Waals surface area contributed by atoms with Crippen LogP contribution in [0.4, 0.5) is 0 Å². The number of phenols is 1. The molecule has 0 heterocycles. The molecule has 0 aliphatic carbocycles. The van der Waals surface area contributed by atoms with Crippen LogP contribution in [0.5, 0.6) is 5.75 Å². The Kier molecular flexibility index (Phi) is 12.8. The molecule has 3 atom stereocenters. The summed E-state index contributed by atoms with van der Waals surface area (Å²) in [4.78, 5) is 59.5. The average molecular weight is 496 g/mol. The van der Waals surface area contributed by atoms with Crippen molar-refractivity contribution in [3.05, 3.63) is 29.8 Å². The molecule has 1 aromatic rings. The zero-order valence-corrected chi connectivity index (χ0v) is 19.2. The van der Waals surface area contributed by atoms with Gasteiger partial charge < -0.3 is 42.7 Å². The zero-order valence-electron chi connectivity index (χ0n) is 19.2.